The van der Waals surface area contributed by atoms with Crippen molar-refractivity contribution in [3.63, 3.8) is 0 Å². The molecule has 1 aromatic carbocycles. The minimum Gasteiger partial charge on any atom is -0.344 e. The number of carbonyl (C=O) groups excluding carboxylic acids is 7. The molecule has 0 radical (unpaired) electrons. The van der Waals surface area contributed by atoms with E-state index in [0.717, 1.165) is 9.80 Å². The Balaban J connectivity index is 1.61. The fourth-order valence-electron chi connectivity index (χ4n) is 8.83. The lowest BCUT2D eigenvalue weighted by Gasteiger charge is -2.36. The fraction of sp³-hybridized carbons (Fsp3) is 0.698. The van der Waals surface area contributed by atoms with E-state index in [0.29, 0.717) is 34.9 Å². The van der Waals surface area contributed by atoms with Crippen LogP contribution in [0.25, 0.3) is 0 Å². The second-order valence-electron chi connectivity index (χ2n) is 17.5. The third-order valence-electron chi connectivity index (χ3n) is 12.6. The highest BCUT2D eigenvalue weighted by atomic mass is 35.5. The summed E-state index contributed by atoms with van der Waals surface area (Å²) in [6, 6.07) is -2.16. The first-order chi connectivity index (χ1) is 29.0. The molecule has 14 nitrogen and oxygen atoms in total. The Morgan fingerprint density at radius 1 is 0.903 bits per heavy atom. The molecule has 19 heteroatoms. The highest BCUT2D eigenvalue weighted by Crippen LogP contribution is 2.52. The number of benzene rings is 1. The molecule has 0 unspecified atom stereocenters. The molecule has 62 heavy (non-hydrogen) atoms. The molecular formula is C43H62Cl2F3N7O7. The monoisotopic (exact) mass is 915 g/mol. The number of nitrogens with one attached hydrogen (secondary N) is 3. The predicted octanol–water partition coefficient (Wildman–Crippen LogP) is 4.88. The van der Waals surface area contributed by atoms with Crippen molar-refractivity contribution in [2.24, 2.45) is 11.3 Å². The largest absolute Gasteiger partial charge is 0.403 e. The number of halogens is 5. The topological polar surface area (TPSA) is 169 Å². The van der Waals surface area contributed by atoms with Gasteiger partial charge in [-0.1, -0.05) is 56.8 Å². The Morgan fingerprint density at radius 3 is 2.16 bits per heavy atom. The molecule has 1 saturated carbocycles. The molecule has 3 N–H and O–H groups in total. The van der Waals surface area contributed by atoms with E-state index in [-0.39, 0.29) is 82.7 Å². The second kappa shape index (κ2) is 21.5. The molecule has 2 aliphatic heterocycles. The molecule has 3 aliphatic rings. The maximum Gasteiger partial charge on any atom is 0.403 e. The minimum absolute atomic E-state index is 0.0235. The summed E-state index contributed by atoms with van der Waals surface area (Å²) < 4.78 is 42.9. The van der Waals surface area contributed by atoms with Crippen LogP contribution in [-0.2, 0) is 40.0 Å². The molecule has 3 fully saturated rings. The lowest BCUT2D eigenvalue weighted by atomic mass is 9.83. The van der Waals surface area contributed by atoms with E-state index in [4.69, 9.17) is 23.2 Å². The Labute approximate surface area is 372 Å². The van der Waals surface area contributed by atoms with Crippen LogP contribution >= 0.6 is 23.2 Å². The fourth-order valence-corrected chi connectivity index (χ4v) is 9.22. The molecule has 7 amide bonds. The molecule has 0 aromatic heterocycles. The van der Waals surface area contributed by atoms with Gasteiger partial charge in [0, 0.05) is 50.7 Å². The number of amides is 7. The van der Waals surface area contributed by atoms with Gasteiger partial charge in [0.25, 0.3) is 0 Å². The van der Waals surface area contributed by atoms with Gasteiger partial charge in [0.05, 0.1) is 0 Å². The van der Waals surface area contributed by atoms with Gasteiger partial charge in [0.15, 0.2) is 0 Å². The van der Waals surface area contributed by atoms with E-state index in [9.17, 15) is 46.7 Å². The smallest absolute Gasteiger partial charge is 0.344 e. The predicted molar refractivity (Wildman–Crippen MR) is 228 cm³/mol. The van der Waals surface area contributed by atoms with Crippen molar-refractivity contribution in [3.8, 4) is 0 Å². The van der Waals surface area contributed by atoms with Crippen LogP contribution in [0.5, 0.6) is 0 Å². The number of carbonyl (C=O) groups is 7. The number of likely N-dealkylation sites (tertiary alicyclic amines) is 1. The van der Waals surface area contributed by atoms with E-state index in [1.807, 2.05) is 13.8 Å². The second-order valence-corrected chi connectivity index (χ2v) is 18.3. The lowest BCUT2D eigenvalue weighted by Crippen LogP contribution is -2.60. The molecule has 2 heterocycles. The maximum absolute atomic E-state index is 14.5. The molecule has 1 aromatic rings. The summed E-state index contributed by atoms with van der Waals surface area (Å²) in [5.41, 5.74) is -2.07. The van der Waals surface area contributed by atoms with Crippen molar-refractivity contribution >= 4 is 64.6 Å². The third-order valence-corrected chi connectivity index (χ3v) is 13.2. The molecular weight excluding hydrogens is 854 g/mol. The van der Waals surface area contributed by atoms with Crippen LogP contribution in [-0.4, -0.2) is 138 Å². The molecule has 0 bridgehead atoms. The summed E-state index contributed by atoms with van der Waals surface area (Å²) in [6.07, 6.45) is -3.34. The van der Waals surface area contributed by atoms with Crippen LogP contribution in [0.3, 0.4) is 0 Å². The maximum atomic E-state index is 14.5. The van der Waals surface area contributed by atoms with E-state index in [2.05, 4.69) is 16.0 Å². The molecule has 6 atom stereocenters. The van der Waals surface area contributed by atoms with Gasteiger partial charge >= 0.3 is 6.18 Å². The molecule has 1 aliphatic carbocycles. The first-order valence-corrected chi connectivity index (χ1v) is 22.3. The van der Waals surface area contributed by atoms with Gasteiger partial charge < -0.3 is 35.6 Å². The van der Waals surface area contributed by atoms with E-state index >= 15 is 0 Å². The Morgan fingerprint density at radius 2 is 1.55 bits per heavy atom. The molecule has 4 rings (SSSR count). The van der Waals surface area contributed by atoms with Gasteiger partial charge in [0.1, 0.15) is 41.7 Å². The third kappa shape index (κ3) is 11.7. The van der Waals surface area contributed by atoms with Crippen LogP contribution < -0.4 is 16.0 Å². The van der Waals surface area contributed by atoms with Gasteiger partial charge in [-0.25, -0.2) is 0 Å². The molecule has 346 valence electrons. The number of hydrogen-bond acceptors (Lipinski definition) is 7. The Kier molecular flexibility index (Phi) is 17.5. The molecule has 0 spiro atoms. The van der Waals surface area contributed by atoms with Gasteiger partial charge in [-0.05, 0) is 94.4 Å². The Bertz CT molecular complexity index is 1830. The Hall–Kier alpha value is -4.12. The van der Waals surface area contributed by atoms with Gasteiger partial charge in [-0.3, -0.25) is 33.6 Å². The first kappa shape index (κ1) is 50.5. The van der Waals surface area contributed by atoms with Crippen LogP contribution in [0.4, 0.5) is 13.2 Å². The average molecular weight is 917 g/mol. The van der Waals surface area contributed by atoms with Gasteiger partial charge in [0.2, 0.25) is 41.4 Å². The summed E-state index contributed by atoms with van der Waals surface area (Å²) in [7, 11) is 4.40. The normalized spacial score (nSPS) is 25.1. The average Bonchev–Trinajstić information content (AvgIpc) is 3.93. The number of rotatable bonds is 10. The quantitative estimate of drug-likeness (QED) is 0.301. The summed E-state index contributed by atoms with van der Waals surface area (Å²) in [6.45, 7) is 7.09. The summed E-state index contributed by atoms with van der Waals surface area (Å²) in [5.74, 6) is -4.96. The van der Waals surface area contributed by atoms with Gasteiger partial charge in [-0.2, -0.15) is 13.2 Å². The van der Waals surface area contributed by atoms with Crippen LogP contribution in [0.1, 0.15) is 104 Å². The van der Waals surface area contributed by atoms with Crippen molar-refractivity contribution in [3.05, 3.63) is 33.8 Å². The van der Waals surface area contributed by atoms with Crippen LogP contribution in [0.2, 0.25) is 10.0 Å². The van der Waals surface area contributed by atoms with Crippen molar-refractivity contribution in [1.82, 2.24) is 35.6 Å². The standard InChI is InChI=1S/C43H62Cl2F3N7O7/c1-8-30-39(60)52(5)20-12-9-14-32(35(56)51-31(22-25(2)3)40(61)54(7)34(37(58)50-30)24-27-23-28(44)16-17-29(27)45)53(6)38(59)26(4)49-36(57)33-15-13-21-55(33)41(62)42(43(46,47)48)18-10-11-19-42/h16-17,23,25-26,30-34H,8-15,18-22,24H2,1-7H3,(H,49,57)(H,50,58)(H,51,56)/t26-,30+,31-,32-,33-,34-/m0/s1. The highest BCUT2D eigenvalue weighted by molar-refractivity contribution is 6.33. The van der Waals surface area contributed by atoms with Crippen molar-refractivity contribution < 1.29 is 46.7 Å². The van der Waals surface area contributed by atoms with Crippen molar-refractivity contribution in [2.45, 2.75) is 147 Å². The minimum atomic E-state index is -4.78. The zero-order valence-electron chi connectivity index (χ0n) is 36.7. The SMILES string of the molecule is CC[C@H]1NC(=O)[C@H](Cc2cc(Cl)ccc2Cl)N(C)C(=O)[C@H](CC(C)C)NC(=O)[C@@H](N(C)C(=O)[C@H](C)NC(=O)[C@@H]2CCCN2C(=O)C2(C(F)(F)F)CCCC2)CCCCN(C)C1=O. The van der Waals surface area contributed by atoms with Crippen LogP contribution in [0, 0.1) is 11.3 Å². The zero-order chi connectivity index (χ0) is 46.3. The van der Waals surface area contributed by atoms with E-state index < -0.39 is 83.3 Å². The van der Waals surface area contributed by atoms with Crippen molar-refractivity contribution in [1.29, 1.82) is 0 Å². The highest BCUT2D eigenvalue weighted by Gasteiger charge is 2.63. The van der Waals surface area contributed by atoms with Crippen LogP contribution in [0.15, 0.2) is 18.2 Å². The van der Waals surface area contributed by atoms with E-state index in [1.54, 1.807) is 32.2 Å². The summed E-state index contributed by atoms with van der Waals surface area (Å²) in [4.78, 5) is 103. The van der Waals surface area contributed by atoms with Crippen molar-refractivity contribution in [2.75, 3.05) is 34.2 Å². The molecule has 2 saturated heterocycles. The number of likely N-dealkylation sites (N-methyl/N-ethyl adjacent to an activating group) is 3. The first-order valence-electron chi connectivity index (χ1n) is 21.6. The van der Waals surface area contributed by atoms with Gasteiger partial charge in [-0.15, -0.1) is 0 Å². The summed E-state index contributed by atoms with van der Waals surface area (Å²) in [5, 5.41) is 8.92. The number of nitrogens with zero attached hydrogens (tertiary/aromatic N) is 4. The number of alkyl halides is 3. The zero-order valence-corrected chi connectivity index (χ0v) is 38.2. The van der Waals surface area contributed by atoms with E-state index in [1.165, 1.54) is 30.8 Å². The summed E-state index contributed by atoms with van der Waals surface area (Å²) >= 11 is 12.8. The lowest BCUT2D eigenvalue weighted by molar-refractivity contribution is -0.226. The number of hydrogen-bond donors (Lipinski definition) is 3.